The Bertz CT molecular complexity index is 1260. The highest BCUT2D eigenvalue weighted by Gasteiger charge is 2.25. The summed E-state index contributed by atoms with van der Waals surface area (Å²) in [6.07, 6.45) is 0. The van der Waals surface area contributed by atoms with E-state index in [2.05, 4.69) is 108 Å². The quantitative estimate of drug-likeness (QED) is 0.386. The van der Waals surface area contributed by atoms with Gasteiger partial charge in [0.2, 0.25) is 0 Å². The molecule has 0 bridgehead atoms. The van der Waals surface area contributed by atoms with Crippen molar-refractivity contribution in [2.24, 2.45) is 0 Å². The summed E-state index contributed by atoms with van der Waals surface area (Å²) in [5.74, 6) is 0. The average Bonchev–Trinajstić information content (AvgIpc) is 2.71. The van der Waals surface area contributed by atoms with Gasteiger partial charge in [0.25, 0.3) is 0 Å². The first-order valence-electron chi connectivity index (χ1n) is 11.2. The van der Waals surface area contributed by atoms with Crippen molar-refractivity contribution in [2.75, 3.05) is 13.6 Å². The lowest BCUT2D eigenvalue weighted by Crippen LogP contribution is -2.30. The van der Waals surface area contributed by atoms with Crippen LogP contribution in [0.25, 0.3) is 32.8 Å². The summed E-state index contributed by atoms with van der Waals surface area (Å²) in [4.78, 5) is 4.96. The number of aryl methyl sites for hydroxylation is 1. The van der Waals surface area contributed by atoms with E-state index in [4.69, 9.17) is 4.98 Å². The molecule has 0 unspecified atom stereocenters. The van der Waals surface area contributed by atoms with Gasteiger partial charge in [0.05, 0.1) is 5.52 Å². The number of rotatable bonds is 4. The van der Waals surface area contributed by atoms with E-state index in [-0.39, 0.29) is 10.8 Å². The number of hydrogen-bond donors (Lipinski definition) is 1. The van der Waals surface area contributed by atoms with Gasteiger partial charge in [0.1, 0.15) is 0 Å². The van der Waals surface area contributed by atoms with Gasteiger partial charge in [0, 0.05) is 23.0 Å². The van der Waals surface area contributed by atoms with Crippen molar-refractivity contribution in [1.82, 2.24) is 10.3 Å². The Morgan fingerprint density at radius 1 is 0.839 bits per heavy atom. The summed E-state index contributed by atoms with van der Waals surface area (Å²) in [6.45, 7) is 14.5. The predicted molar refractivity (Wildman–Crippen MR) is 135 cm³/mol. The monoisotopic (exact) mass is 410 g/mol. The van der Waals surface area contributed by atoms with Crippen LogP contribution in [0.4, 0.5) is 0 Å². The Kier molecular flexibility index (Phi) is 5.39. The third-order valence-electron chi connectivity index (χ3n) is 6.29. The topological polar surface area (TPSA) is 24.9 Å². The fourth-order valence-electron chi connectivity index (χ4n) is 4.85. The molecule has 4 rings (SSSR count). The largest absolute Gasteiger partial charge is 0.319 e. The molecule has 3 aromatic carbocycles. The lowest BCUT2D eigenvalue weighted by atomic mass is 9.78. The van der Waals surface area contributed by atoms with Crippen LogP contribution in [-0.2, 0) is 10.8 Å². The molecule has 31 heavy (non-hydrogen) atoms. The second-order valence-corrected chi connectivity index (χ2v) is 10.4. The number of likely N-dealkylation sites (N-methyl/N-ethyl adjacent to an activating group) is 1. The van der Waals surface area contributed by atoms with Crippen molar-refractivity contribution >= 4 is 21.7 Å². The standard InChI is InChI=1S/C29H34N2/c1-19-11-12-21-15-16-23(26(27(21)31-19)28(2,3)4)22-14-13-20-9-8-10-25(24(20)17-22)29(5,6)18-30-7/h8-17,30H,18H2,1-7H3. The van der Waals surface area contributed by atoms with Crippen molar-refractivity contribution in [2.45, 2.75) is 52.4 Å². The molecule has 0 aliphatic rings. The van der Waals surface area contributed by atoms with Crippen molar-refractivity contribution in [3.8, 4) is 11.1 Å². The fourth-order valence-corrected chi connectivity index (χ4v) is 4.85. The Balaban J connectivity index is 2.02. The van der Waals surface area contributed by atoms with Crippen LogP contribution >= 0.6 is 0 Å². The number of nitrogens with zero attached hydrogens (tertiary/aromatic N) is 1. The van der Waals surface area contributed by atoms with Crippen molar-refractivity contribution in [1.29, 1.82) is 0 Å². The maximum Gasteiger partial charge on any atom is 0.0748 e. The van der Waals surface area contributed by atoms with Gasteiger partial charge in [-0.2, -0.15) is 0 Å². The maximum atomic E-state index is 4.96. The Hall–Kier alpha value is -2.71. The molecule has 2 heteroatoms. The molecule has 2 nitrogen and oxygen atoms in total. The molecular weight excluding hydrogens is 376 g/mol. The van der Waals surface area contributed by atoms with Crippen LogP contribution < -0.4 is 5.32 Å². The minimum atomic E-state index is -0.0183. The zero-order valence-electron chi connectivity index (χ0n) is 19.9. The number of hydrogen-bond acceptors (Lipinski definition) is 2. The lowest BCUT2D eigenvalue weighted by molar-refractivity contribution is 0.498. The van der Waals surface area contributed by atoms with Gasteiger partial charge in [-0.25, -0.2) is 0 Å². The number of aromatic nitrogens is 1. The molecule has 4 aromatic rings. The molecule has 1 N–H and O–H groups in total. The molecule has 1 heterocycles. The molecular formula is C29H34N2. The number of nitrogens with one attached hydrogen (secondary N) is 1. The molecule has 160 valence electrons. The SMILES string of the molecule is CNCC(C)(C)c1cccc2ccc(-c3ccc4ccc(C)nc4c3C(C)(C)C)cc12. The number of benzene rings is 3. The smallest absolute Gasteiger partial charge is 0.0748 e. The van der Waals surface area contributed by atoms with Crippen LogP contribution in [0.5, 0.6) is 0 Å². The average molecular weight is 411 g/mol. The van der Waals surface area contributed by atoms with Crippen molar-refractivity contribution < 1.29 is 0 Å². The van der Waals surface area contributed by atoms with Crippen molar-refractivity contribution in [3.63, 3.8) is 0 Å². The Morgan fingerprint density at radius 2 is 1.55 bits per heavy atom. The van der Waals surface area contributed by atoms with Crippen LogP contribution in [0.3, 0.4) is 0 Å². The second kappa shape index (κ2) is 7.76. The summed E-state index contributed by atoms with van der Waals surface area (Å²) in [7, 11) is 2.03. The van der Waals surface area contributed by atoms with Gasteiger partial charge in [-0.3, -0.25) is 4.98 Å². The first kappa shape index (κ1) is 21.5. The molecule has 0 saturated heterocycles. The molecule has 0 amide bonds. The van der Waals surface area contributed by atoms with Gasteiger partial charge in [-0.1, -0.05) is 83.1 Å². The summed E-state index contributed by atoms with van der Waals surface area (Å²) >= 11 is 0. The normalized spacial score (nSPS) is 12.6. The Morgan fingerprint density at radius 3 is 2.26 bits per heavy atom. The van der Waals surface area contributed by atoms with E-state index >= 15 is 0 Å². The van der Waals surface area contributed by atoms with E-state index in [0.29, 0.717) is 0 Å². The highest BCUT2D eigenvalue weighted by Crippen LogP contribution is 2.40. The predicted octanol–water partition coefficient (Wildman–Crippen LogP) is 7.16. The summed E-state index contributed by atoms with van der Waals surface area (Å²) in [5, 5.41) is 7.19. The van der Waals surface area contributed by atoms with Crippen molar-refractivity contribution in [3.05, 3.63) is 77.5 Å². The first-order chi connectivity index (χ1) is 14.6. The van der Waals surface area contributed by atoms with Crippen LogP contribution in [0.1, 0.15) is 51.4 Å². The van der Waals surface area contributed by atoms with E-state index in [0.717, 1.165) is 17.8 Å². The maximum absolute atomic E-state index is 4.96. The minimum Gasteiger partial charge on any atom is -0.319 e. The molecule has 0 saturated carbocycles. The summed E-state index contributed by atoms with van der Waals surface area (Å²) < 4.78 is 0. The highest BCUT2D eigenvalue weighted by atomic mass is 14.8. The van der Waals surface area contributed by atoms with Gasteiger partial charge in [0.15, 0.2) is 0 Å². The zero-order valence-corrected chi connectivity index (χ0v) is 19.9. The number of fused-ring (bicyclic) bond motifs is 2. The van der Waals surface area contributed by atoms with E-state index in [9.17, 15) is 0 Å². The molecule has 0 aliphatic heterocycles. The summed E-state index contributed by atoms with van der Waals surface area (Å²) in [6, 6.07) is 22.4. The molecule has 0 fully saturated rings. The van der Waals surface area contributed by atoms with E-state index in [1.54, 1.807) is 0 Å². The number of pyridine rings is 1. The zero-order chi connectivity index (χ0) is 22.4. The first-order valence-corrected chi connectivity index (χ1v) is 11.2. The fraction of sp³-hybridized carbons (Fsp3) is 0.345. The highest BCUT2D eigenvalue weighted by molar-refractivity contribution is 5.95. The van der Waals surface area contributed by atoms with Crippen LogP contribution in [0.2, 0.25) is 0 Å². The third kappa shape index (κ3) is 3.97. The molecule has 0 atom stereocenters. The lowest BCUT2D eigenvalue weighted by Gasteiger charge is -2.28. The Labute approximate surface area is 186 Å². The molecule has 0 spiro atoms. The van der Waals surface area contributed by atoms with Gasteiger partial charge < -0.3 is 5.32 Å². The molecule has 1 aromatic heterocycles. The van der Waals surface area contributed by atoms with Crippen LogP contribution in [0.15, 0.2) is 60.7 Å². The summed E-state index contributed by atoms with van der Waals surface area (Å²) in [5.41, 5.74) is 7.45. The second-order valence-electron chi connectivity index (χ2n) is 10.4. The molecule has 0 aliphatic carbocycles. The van der Waals surface area contributed by atoms with Crippen LogP contribution in [0, 0.1) is 6.92 Å². The molecule has 0 radical (unpaired) electrons. The minimum absolute atomic E-state index is 0.0183. The van der Waals surface area contributed by atoms with E-state index in [1.165, 1.54) is 38.4 Å². The van der Waals surface area contributed by atoms with E-state index in [1.807, 2.05) is 7.05 Å². The van der Waals surface area contributed by atoms with Gasteiger partial charge >= 0.3 is 0 Å². The van der Waals surface area contributed by atoms with Gasteiger partial charge in [-0.05, 0) is 64.5 Å². The van der Waals surface area contributed by atoms with E-state index < -0.39 is 0 Å². The third-order valence-corrected chi connectivity index (χ3v) is 6.29. The van der Waals surface area contributed by atoms with Gasteiger partial charge in [-0.15, -0.1) is 0 Å². The van der Waals surface area contributed by atoms with Crippen LogP contribution in [-0.4, -0.2) is 18.6 Å².